The van der Waals surface area contributed by atoms with Gasteiger partial charge in [-0.05, 0) is 68.2 Å². The van der Waals surface area contributed by atoms with Crippen molar-refractivity contribution in [2.75, 3.05) is 58.7 Å². The van der Waals surface area contributed by atoms with Crippen LogP contribution in [0.1, 0.15) is 29.9 Å². The lowest BCUT2D eigenvalue weighted by Gasteiger charge is -2.39. The second-order valence-electron chi connectivity index (χ2n) is 11.4. The van der Waals surface area contributed by atoms with Gasteiger partial charge in [0.15, 0.2) is 0 Å². The first-order valence-corrected chi connectivity index (χ1v) is 15.7. The predicted molar refractivity (Wildman–Crippen MR) is 167 cm³/mol. The topological polar surface area (TPSA) is 112 Å². The Morgan fingerprint density at radius 2 is 1.67 bits per heavy atom. The molecular formula is C31H37N8O3S-. The zero-order valence-electron chi connectivity index (χ0n) is 24.6. The number of piperidine rings is 1. The van der Waals surface area contributed by atoms with Crippen molar-refractivity contribution in [2.24, 2.45) is 0 Å². The molecule has 1 atom stereocenters. The van der Waals surface area contributed by atoms with E-state index in [4.69, 9.17) is 5.10 Å². The molecule has 2 fully saturated rings. The van der Waals surface area contributed by atoms with Crippen LogP contribution in [0.2, 0.25) is 0 Å². The quantitative estimate of drug-likeness (QED) is 0.320. The van der Waals surface area contributed by atoms with E-state index in [0.717, 1.165) is 80.1 Å². The number of fused-ring (bicyclic) bond motifs is 1. The lowest BCUT2D eigenvalue weighted by molar-refractivity contribution is 0.113. The highest BCUT2D eigenvalue weighted by molar-refractivity contribution is 7.76. The van der Waals surface area contributed by atoms with Crippen molar-refractivity contribution < 1.29 is 13.6 Å². The minimum absolute atomic E-state index is 0.184. The van der Waals surface area contributed by atoms with Crippen molar-refractivity contribution in [3.8, 4) is 11.3 Å². The minimum atomic E-state index is -2.31. The van der Waals surface area contributed by atoms with Crippen LogP contribution < -0.4 is 5.32 Å². The Kier molecular flexibility index (Phi) is 8.70. The zero-order valence-corrected chi connectivity index (χ0v) is 25.4. The molecule has 0 saturated carbocycles. The van der Waals surface area contributed by atoms with Gasteiger partial charge in [-0.25, -0.2) is 18.6 Å². The summed E-state index contributed by atoms with van der Waals surface area (Å²) in [7, 11) is 3.65. The number of nitrogens with zero attached hydrogens (tertiary/aromatic N) is 7. The summed E-state index contributed by atoms with van der Waals surface area (Å²) in [6, 6.07) is 20.2. The summed E-state index contributed by atoms with van der Waals surface area (Å²) >= 11 is -2.31. The van der Waals surface area contributed by atoms with E-state index in [2.05, 4.69) is 46.5 Å². The number of likely N-dealkylation sites (tertiary alicyclic amines) is 1. The van der Waals surface area contributed by atoms with Crippen LogP contribution in [-0.2, 0) is 17.8 Å². The SMILES string of the molecule is CN1CCN(C(=O)N2CCC(c3ccc(Nc4ncc5ccc(-c6ccccc6CN(C)S(=O)[O-])n5n4)cc3)CC2)CC1. The summed E-state index contributed by atoms with van der Waals surface area (Å²) in [5, 5.41) is 8.08. The molecule has 0 bridgehead atoms. The Hall–Kier alpha value is -3.84. The Labute approximate surface area is 254 Å². The Morgan fingerprint density at radius 1 is 0.977 bits per heavy atom. The number of carbonyl (C=O) groups excluding carboxylic acids is 1. The van der Waals surface area contributed by atoms with Crippen LogP contribution in [0.15, 0.2) is 66.9 Å². The van der Waals surface area contributed by atoms with E-state index in [-0.39, 0.29) is 12.6 Å². The zero-order chi connectivity index (χ0) is 29.9. The smallest absolute Gasteiger partial charge is 0.320 e. The number of urea groups is 1. The van der Waals surface area contributed by atoms with Gasteiger partial charge < -0.3 is 24.6 Å². The molecular weight excluding hydrogens is 564 g/mol. The summed E-state index contributed by atoms with van der Waals surface area (Å²) in [5.41, 5.74) is 5.65. The lowest BCUT2D eigenvalue weighted by atomic mass is 9.89. The fourth-order valence-electron chi connectivity index (χ4n) is 5.93. The van der Waals surface area contributed by atoms with E-state index < -0.39 is 11.3 Å². The number of anilines is 2. The van der Waals surface area contributed by atoms with Gasteiger partial charge in [-0.2, -0.15) is 0 Å². The highest BCUT2D eigenvalue weighted by atomic mass is 32.2. The minimum Gasteiger partial charge on any atom is -0.760 e. The van der Waals surface area contributed by atoms with E-state index >= 15 is 0 Å². The number of rotatable bonds is 7. The number of benzene rings is 2. The number of piperazine rings is 1. The second-order valence-corrected chi connectivity index (χ2v) is 12.4. The summed E-state index contributed by atoms with van der Waals surface area (Å²) in [6.45, 7) is 5.33. The maximum Gasteiger partial charge on any atom is 0.320 e. The Morgan fingerprint density at radius 3 is 2.40 bits per heavy atom. The van der Waals surface area contributed by atoms with Crippen LogP contribution in [0.25, 0.3) is 16.8 Å². The highest BCUT2D eigenvalue weighted by Crippen LogP contribution is 2.30. The van der Waals surface area contributed by atoms with Gasteiger partial charge in [0.2, 0.25) is 5.95 Å². The van der Waals surface area contributed by atoms with Gasteiger partial charge in [-0.3, -0.25) is 4.21 Å². The molecule has 4 heterocycles. The van der Waals surface area contributed by atoms with Crippen LogP contribution in [0.3, 0.4) is 0 Å². The van der Waals surface area contributed by atoms with Crippen LogP contribution in [0.4, 0.5) is 16.4 Å². The number of likely N-dealkylation sites (N-methyl/N-ethyl adjacent to an activating group) is 1. The van der Waals surface area contributed by atoms with Gasteiger partial charge in [0.25, 0.3) is 0 Å². The summed E-state index contributed by atoms with van der Waals surface area (Å²) < 4.78 is 25.9. The molecule has 6 rings (SSSR count). The average molecular weight is 602 g/mol. The van der Waals surface area contributed by atoms with Crippen LogP contribution in [0.5, 0.6) is 0 Å². The van der Waals surface area contributed by atoms with Crippen molar-refractivity contribution in [1.29, 1.82) is 0 Å². The number of hydrogen-bond acceptors (Lipinski definition) is 7. The second kappa shape index (κ2) is 12.8. The first-order chi connectivity index (χ1) is 20.9. The molecule has 0 radical (unpaired) electrons. The maximum absolute atomic E-state index is 13.0. The normalized spacial score (nSPS) is 17.5. The molecule has 2 aliphatic rings. The van der Waals surface area contributed by atoms with E-state index in [0.29, 0.717) is 11.9 Å². The van der Waals surface area contributed by atoms with Gasteiger partial charge in [-0.15, -0.1) is 5.10 Å². The number of hydrogen-bond donors (Lipinski definition) is 1. The van der Waals surface area contributed by atoms with Crippen LogP contribution in [0, 0.1) is 0 Å². The molecule has 2 amide bonds. The van der Waals surface area contributed by atoms with Crippen molar-refractivity contribution >= 4 is 34.5 Å². The lowest BCUT2D eigenvalue weighted by Crippen LogP contribution is -2.53. The monoisotopic (exact) mass is 601 g/mol. The Bertz CT molecular complexity index is 1590. The van der Waals surface area contributed by atoms with Gasteiger partial charge in [0.1, 0.15) is 0 Å². The fraction of sp³-hybridized carbons (Fsp3) is 0.387. The molecule has 2 saturated heterocycles. The maximum atomic E-state index is 13.0. The molecule has 1 N–H and O–H groups in total. The average Bonchev–Trinajstić information content (AvgIpc) is 3.45. The van der Waals surface area contributed by atoms with E-state index in [9.17, 15) is 13.6 Å². The van der Waals surface area contributed by atoms with E-state index in [1.807, 2.05) is 50.7 Å². The predicted octanol–water partition coefficient (Wildman–Crippen LogP) is 3.91. The third kappa shape index (κ3) is 6.57. The molecule has 12 heteroatoms. The molecule has 1 unspecified atom stereocenters. The first-order valence-electron chi connectivity index (χ1n) is 14.7. The van der Waals surface area contributed by atoms with Gasteiger partial charge in [-0.1, -0.05) is 36.4 Å². The van der Waals surface area contributed by atoms with Gasteiger partial charge in [0, 0.05) is 68.3 Å². The van der Waals surface area contributed by atoms with Crippen LogP contribution >= 0.6 is 0 Å². The molecule has 2 aliphatic heterocycles. The van der Waals surface area contributed by atoms with Crippen molar-refractivity contribution in [1.82, 2.24) is 33.6 Å². The number of carbonyl (C=O) groups is 1. The number of amides is 2. The third-order valence-corrected chi connectivity index (χ3v) is 9.15. The molecule has 43 heavy (non-hydrogen) atoms. The largest absolute Gasteiger partial charge is 0.760 e. The summed E-state index contributed by atoms with van der Waals surface area (Å²) in [4.78, 5) is 23.7. The van der Waals surface area contributed by atoms with Gasteiger partial charge >= 0.3 is 6.03 Å². The van der Waals surface area contributed by atoms with E-state index in [1.54, 1.807) is 13.2 Å². The summed E-state index contributed by atoms with van der Waals surface area (Å²) in [6.07, 6.45) is 3.70. The van der Waals surface area contributed by atoms with Gasteiger partial charge in [0.05, 0.1) is 17.4 Å². The molecule has 4 aromatic rings. The standard InChI is InChI=1S/C31H38N8O3S/c1-35-17-19-38(20-18-35)31(40)37-15-13-24(14-16-37)23-7-9-26(10-8-23)33-30-32-21-27-11-12-29(39(27)34-30)28-6-4-3-5-25(28)22-36(2)43(41)42/h3-12,21,24H,13-20,22H2,1-2H3,(H,33,34)(H,41,42)/p-1. The molecule has 226 valence electrons. The number of aromatic nitrogens is 3. The highest BCUT2D eigenvalue weighted by Gasteiger charge is 2.28. The van der Waals surface area contributed by atoms with Crippen molar-refractivity contribution in [3.05, 3.63) is 78.0 Å². The van der Waals surface area contributed by atoms with Crippen molar-refractivity contribution in [3.63, 3.8) is 0 Å². The molecule has 2 aromatic heterocycles. The Balaban J connectivity index is 1.11. The first kappa shape index (κ1) is 29.2. The molecule has 2 aromatic carbocycles. The molecule has 0 aliphatic carbocycles. The van der Waals surface area contributed by atoms with Crippen LogP contribution in [-0.4, -0.2) is 102 Å². The third-order valence-electron chi connectivity index (χ3n) is 8.52. The number of nitrogens with one attached hydrogen (secondary N) is 1. The summed E-state index contributed by atoms with van der Waals surface area (Å²) in [5.74, 6) is 0.891. The van der Waals surface area contributed by atoms with Crippen molar-refractivity contribution in [2.45, 2.75) is 25.3 Å². The van der Waals surface area contributed by atoms with E-state index in [1.165, 1.54) is 9.87 Å². The molecule has 11 nitrogen and oxygen atoms in total. The fourth-order valence-corrected chi connectivity index (χ4v) is 6.18. The molecule has 0 spiro atoms.